The van der Waals surface area contributed by atoms with E-state index in [1.54, 1.807) is 0 Å². The van der Waals surface area contributed by atoms with Gasteiger partial charge in [-0.05, 0) is 26.0 Å². The van der Waals surface area contributed by atoms with Crippen molar-refractivity contribution in [3.05, 3.63) is 54.0 Å². The molecule has 1 fully saturated rings. The molecule has 0 saturated carbocycles. The predicted octanol–water partition coefficient (Wildman–Crippen LogP) is 2.78. The molecule has 1 saturated heterocycles. The molecule has 4 rings (SSSR count). The Morgan fingerprint density at radius 1 is 0.960 bits per heavy atom. The minimum Gasteiger partial charge on any atom is -0.378 e. The van der Waals surface area contributed by atoms with Crippen molar-refractivity contribution in [1.29, 1.82) is 0 Å². The smallest absolute Gasteiger partial charge is 0.159 e. The second-order valence-corrected chi connectivity index (χ2v) is 6.25. The largest absolute Gasteiger partial charge is 0.378 e. The van der Waals surface area contributed by atoms with Crippen LogP contribution in [0.1, 0.15) is 11.4 Å². The van der Waals surface area contributed by atoms with Gasteiger partial charge in [0, 0.05) is 30.9 Å². The minimum absolute atomic E-state index is 0.734. The van der Waals surface area contributed by atoms with E-state index in [4.69, 9.17) is 9.84 Å². The first kappa shape index (κ1) is 15.8. The Morgan fingerprint density at radius 3 is 2.56 bits per heavy atom. The Hall–Kier alpha value is -2.73. The summed E-state index contributed by atoms with van der Waals surface area (Å²) in [5.74, 6) is 2.46. The Labute approximate surface area is 147 Å². The molecule has 1 aliphatic rings. The van der Waals surface area contributed by atoms with Crippen molar-refractivity contribution in [2.24, 2.45) is 0 Å². The number of nitrogens with zero attached hydrogens (tertiary/aromatic N) is 5. The number of aromatic nitrogens is 4. The molecule has 0 amide bonds. The van der Waals surface area contributed by atoms with Gasteiger partial charge >= 0.3 is 0 Å². The Bertz CT molecular complexity index is 883. The second kappa shape index (κ2) is 6.64. The second-order valence-electron chi connectivity index (χ2n) is 6.25. The molecule has 0 spiro atoms. The lowest BCUT2D eigenvalue weighted by Crippen LogP contribution is -2.37. The zero-order valence-electron chi connectivity index (χ0n) is 14.5. The number of aryl methyl sites for hydroxylation is 2. The highest BCUT2D eigenvalue weighted by Gasteiger charge is 2.15. The number of ether oxygens (including phenoxy) is 1. The summed E-state index contributed by atoms with van der Waals surface area (Å²) >= 11 is 0. The van der Waals surface area contributed by atoms with Crippen molar-refractivity contribution in [2.45, 2.75) is 13.8 Å². The molecule has 1 aliphatic heterocycles. The lowest BCUT2D eigenvalue weighted by molar-refractivity contribution is 0.122. The highest BCUT2D eigenvalue weighted by atomic mass is 16.5. The highest BCUT2D eigenvalue weighted by molar-refractivity contribution is 5.60. The van der Waals surface area contributed by atoms with Gasteiger partial charge in [-0.2, -0.15) is 5.10 Å². The van der Waals surface area contributed by atoms with Gasteiger partial charge < -0.3 is 9.64 Å². The lowest BCUT2D eigenvalue weighted by Gasteiger charge is -2.28. The predicted molar refractivity (Wildman–Crippen MR) is 97.1 cm³/mol. The SMILES string of the molecule is Cc1cccc(-c2ccn(-c3cc(N4CCOCC4)nc(C)n3)n2)c1. The summed E-state index contributed by atoms with van der Waals surface area (Å²) in [4.78, 5) is 11.4. The van der Waals surface area contributed by atoms with Crippen LogP contribution in [0.15, 0.2) is 42.6 Å². The molecule has 1 aromatic carbocycles. The van der Waals surface area contributed by atoms with E-state index in [-0.39, 0.29) is 0 Å². The van der Waals surface area contributed by atoms with E-state index in [1.807, 2.05) is 29.9 Å². The third-order valence-electron chi connectivity index (χ3n) is 4.28. The van der Waals surface area contributed by atoms with E-state index < -0.39 is 0 Å². The minimum atomic E-state index is 0.734. The molecule has 0 atom stereocenters. The molecule has 3 aromatic rings. The number of rotatable bonds is 3. The van der Waals surface area contributed by atoms with Gasteiger partial charge in [0.15, 0.2) is 5.82 Å². The van der Waals surface area contributed by atoms with E-state index in [1.165, 1.54) is 5.56 Å². The van der Waals surface area contributed by atoms with Crippen molar-refractivity contribution >= 4 is 5.82 Å². The molecule has 0 bridgehead atoms. The molecule has 0 N–H and O–H groups in total. The van der Waals surface area contributed by atoms with E-state index in [9.17, 15) is 0 Å². The summed E-state index contributed by atoms with van der Waals surface area (Å²) in [6.07, 6.45) is 1.95. The summed E-state index contributed by atoms with van der Waals surface area (Å²) in [7, 11) is 0. The van der Waals surface area contributed by atoms with Crippen LogP contribution in [0.25, 0.3) is 17.1 Å². The zero-order valence-corrected chi connectivity index (χ0v) is 14.5. The standard InChI is InChI=1S/C19H21N5O/c1-14-4-3-5-16(12-14)17-6-7-24(22-17)19-13-18(20-15(2)21-19)23-8-10-25-11-9-23/h3-7,12-13H,8-11H2,1-2H3. The first-order valence-electron chi connectivity index (χ1n) is 8.50. The van der Waals surface area contributed by atoms with Gasteiger partial charge in [-0.15, -0.1) is 0 Å². The topological polar surface area (TPSA) is 56.1 Å². The first-order chi connectivity index (χ1) is 12.2. The monoisotopic (exact) mass is 335 g/mol. The van der Waals surface area contributed by atoms with Crippen LogP contribution in [0.2, 0.25) is 0 Å². The van der Waals surface area contributed by atoms with Gasteiger partial charge in [-0.25, -0.2) is 14.6 Å². The molecule has 6 nitrogen and oxygen atoms in total. The van der Waals surface area contributed by atoms with Crippen LogP contribution in [0.5, 0.6) is 0 Å². The molecule has 6 heteroatoms. The van der Waals surface area contributed by atoms with E-state index in [0.717, 1.165) is 55.0 Å². The van der Waals surface area contributed by atoms with E-state index in [2.05, 4.69) is 46.1 Å². The van der Waals surface area contributed by atoms with Crippen molar-refractivity contribution in [1.82, 2.24) is 19.7 Å². The fourth-order valence-corrected chi connectivity index (χ4v) is 3.02. The molecule has 0 aliphatic carbocycles. The van der Waals surface area contributed by atoms with E-state index in [0.29, 0.717) is 0 Å². The lowest BCUT2D eigenvalue weighted by atomic mass is 10.1. The molecule has 3 heterocycles. The summed E-state index contributed by atoms with van der Waals surface area (Å²) in [5, 5.41) is 4.70. The number of benzene rings is 1. The van der Waals surface area contributed by atoms with Gasteiger partial charge in [0.25, 0.3) is 0 Å². The number of morpholine rings is 1. The normalized spacial score (nSPS) is 14.7. The van der Waals surface area contributed by atoms with Crippen LogP contribution in [-0.4, -0.2) is 46.1 Å². The number of anilines is 1. The summed E-state index contributed by atoms with van der Waals surface area (Å²) in [6.45, 7) is 7.17. The van der Waals surface area contributed by atoms with E-state index >= 15 is 0 Å². The number of hydrogen-bond donors (Lipinski definition) is 0. The van der Waals surface area contributed by atoms with Gasteiger partial charge in [0.1, 0.15) is 11.6 Å². The maximum absolute atomic E-state index is 5.43. The average Bonchev–Trinajstić information content (AvgIpc) is 3.12. The molecule has 128 valence electrons. The molecule has 25 heavy (non-hydrogen) atoms. The summed E-state index contributed by atoms with van der Waals surface area (Å²) < 4.78 is 7.24. The third-order valence-corrected chi connectivity index (χ3v) is 4.28. The Kier molecular flexibility index (Phi) is 4.19. The van der Waals surface area contributed by atoms with Crippen molar-refractivity contribution in [3.8, 4) is 17.1 Å². The fraction of sp³-hybridized carbons (Fsp3) is 0.316. The quantitative estimate of drug-likeness (QED) is 0.737. The maximum Gasteiger partial charge on any atom is 0.159 e. The van der Waals surface area contributed by atoms with Crippen LogP contribution >= 0.6 is 0 Å². The molecular formula is C19H21N5O. The van der Waals surface area contributed by atoms with Crippen molar-refractivity contribution < 1.29 is 4.74 Å². The maximum atomic E-state index is 5.43. The third kappa shape index (κ3) is 3.39. The molecule has 0 unspecified atom stereocenters. The highest BCUT2D eigenvalue weighted by Crippen LogP contribution is 2.21. The summed E-state index contributed by atoms with van der Waals surface area (Å²) in [6, 6.07) is 12.4. The van der Waals surface area contributed by atoms with Crippen molar-refractivity contribution in [2.75, 3.05) is 31.2 Å². The van der Waals surface area contributed by atoms with Crippen LogP contribution in [0.4, 0.5) is 5.82 Å². The van der Waals surface area contributed by atoms with Gasteiger partial charge in [0.2, 0.25) is 0 Å². The molecular weight excluding hydrogens is 314 g/mol. The van der Waals surface area contributed by atoms with Crippen LogP contribution in [0.3, 0.4) is 0 Å². The first-order valence-corrected chi connectivity index (χ1v) is 8.50. The molecule has 0 radical (unpaired) electrons. The van der Waals surface area contributed by atoms with Gasteiger partial charge in [-0.3, -0.25) is 0 Å². The Morgan fingerprint density at radius 2 is 1.76 bits per heavy atom. The van der Waals surface area contributed by atoms with Crippen molar-refractivity contribution in [3.63, 3.8) is 0 Å². The molecule has 2 aromatic heterocycles. The fourth-order valence-electron chi connectivity index (χ4n) is 3.02. The van der Waals surface area contributed by atoms with Crippen LogP contribution in [0, 0.1) is 13.8 Å². The summed E-state index contributed by atoms with van der Waals surface area (Å²) in [5.41, 5.74) is 3.27. The van der Waals surface area contributed by atoms with Gasteiger partial charge in [-0.1, -0.05) is 23.8 Å². The average molecular weight is 335 g/mol. The Balaban J connectivity index is 1.67. The van der Waals surface area contributed by atoms with Crippen LogP contribution in [-0.2, 0) is 4.74 Å². The zero-order chi connectivity index (χ0) is 17.2. The number of hydrogen-bond acceptors (Lipinski definition) is 5. The van der Waals surface area contributed by atoms with Crippen LogP contribution < -0.4 is 4.90 Å². The van der Waals surface area contributed by atoms with Gasteiger partial charge in [0.05, 0.1) is 18.9 Å².